The fourth-order valence-electron chi connectivity index (χ4n) is 3.23. The van der Waals surface area contributed by atoms with Gasteiger partial charge in [-0.25, -0.2) is 4.98 Å². The highest BCUT2D eigenvalue weighted by atomic mass is 32.1. The van der Waals surface area contributed by atoms with Gasteiger partial charge < -0.3 is 26.9 Å². The summed E-state index contributed by atoms with van der Waals surface area (Å²) in [6.07, 6.45) is 0.712. The van der Waals surface area contributed by atoms with Gasteiger partial charge in [-0.1, -0.05) is 18.2 Å². The molecule has 0 unspecified atom stereocenters. The van der Waals surface area contributed by atoms with Gasteiger partial charge in [0, 0.05) is 17.3 Å². The number of nitrogens with one attached hydrogen (secondary N) is 1. The number of amides is 1. The first-order valence-electron chi connectivity index (χ1n) is 8.94. The minimum Gasteiger partial charge on any atom is -0.456 e. The molecule has 7 N–H and O–H groups in total. The summed E-state index contributed by atoms with van der Waals surface area (Å²) in [7, 11) is 0. The molecule has 9 heteroatoms. The van der Waals surface area contributed by atoms with E-state index in [1.807, 2.05) is 30.3 Å². The Morgan fingerprint density at radius 1 is 1.34 bits per heavy atom. The van der Waals surface area contributed by atoms with Gasteiger partial charge in [-0.15, -0.1) is 11.3 Å². The number of hydrogen-bond donors (Lipinski definition) is 4. The lowest BCUT2D eigenvalue weighted by molar-refractivity contribution is 0.100. The van der Waals surface area contributed by atoms with Crippen LogP contribution in [0, 0.1) is 11.3 Å². The molecule has 4 aromatic rings. The van der Waals surface area contributed by atoms with Crippen molar-refractivity contribution < 1.29 is 9.21 Å². The van der Waals surface area contributed by atoms with Crippen LogP contribution < -0.4 is 22.5 Å². The van der Waals surface area contributed by atoms with Crippen molar-refractivity contribution in [3.05, 3.63) is 40.8 Å². The summed E-state index contributed by atoms with van der Waals surface area (Å²) < 4.78 is 6.02. The lowest BCUT2D eigenvalue weighted by Crippen LogP contribution is -2.11. The van der Waals surface area contributed by atoms with Gasteiger partial charge in [0.1, 0.15) is 38.5 Å². The molecular formula is C20H18N6O2S. The van der Waals surface area contributed by atoms with E-state index >= 15 is 0 Å². The average Bonchev–Trinajstić information content (AvgIpc) is 3.28. The largest absolute Gasteiger partial charge is 0.456 e. The van der Waals surface area contributed by atoms with E-state index in [0.717, 1.165) is 16.7 Å². The van der Waals surface area contributed by atoms with Crippen molar-refractivity contribution in [2.75, 3.05) is 24.1 Å². The second-order valence-electron chi connectivity index (χ2n) is 6.43. The Morgan fingerprint density at radius 2 is 2.14 bits per heavy atom. The molecule has 1 aromatic carbocycles. The fourth-order valence-corrected chi connectivity index (χ4v) is 4.19. The van der Waals surface area contributed by atoms with Crippen LogP contribution in [0.15, 0.2) is 34.7 Å². The second-order valence-corrected chi connectivity index (χ2v) is 7.43. The Morgan fingerprint density at radius 3 is 2.83 bits per heavy atom. The van der Waals surface area contributed by atoms with Gasteiger partial charge in [-0.05, 0) is 25.1 Å². The lowest BCUT2D eigenvalue weighted by atomic mass is 10.0. The predicted molar refractivity (Wildman–Crippen MR) is 115 cm³/mol. The number of nitrogens with two attached hydrogens (primary N) is 3. The SMILES string of the molecule is N#Cc1c(NCCCN)nc2sc(C(N)=O)c(N)c2c1-c1cc2ccccc2o1. The number of fused-ring (bicyclic) bond motifs is 2. The first-order valence-corrected chi connectivity index (χ1v) is 9.75. The van der Waals surface area contributed by atoms with Gasteiger partial charge in [-0.2, -0.15) is 5.26 Å². The fraction of sp³-hybridized carbons (Fsp3) is 0.150. The van der Waals surface area contributed by atoms with Crippen LogP contribution in [0.2, 0.25) is 0 Å². The number of nitriles is 1. The molecule has 0 aliphatic carbocycles. The number of carbonyl (C=O) groups excluding carboxylic acids is 1. The monoisotopic (exact) mass is 406 g/mol. The van der Waals surface area contributed by atoms with Crippen molar-refractivity contribution in [1.29, 1.82) is 5.26 Å². The smallest absolute Gasteiger partial charge is 0.260 e. The van der Waals surface area contributed by atoms with Crippen LogP contribution >= 0.6 is 11.3 Å². The Balaban J connectivity index is 2.05. The third kappa shape index (κ3) is 3.14. The first-order chi connectivity index (χ1) is 14.0. The molecule has 0 aliphatic heterocycles. The van der Waals surface area contributed by atoms with Crippen molar-refractivity contribution in [3.8, 4) is 17.4 Å². The van der Waals surface area contributed by atoms with E-state index < -0.39 is 5.91 Å². The first kappa shape index (κ1) is 18.7. The Kier molecular flexibility index (Phi) is 4.80. The molecule has 29 heavy (non-hydrogen) atoms. The third-order valence-electron chi connectivity index (χ3n) is 4.56. The molecule has 8 nitrogen and oxygen atoms in total. The highest BCUT2D eigenvalue weighted by molar-refractivity contribution is 7.21. The van der Waals surface area contributed by atoms with E-state index in [4.69, 9.17) is 21.6 Å². The van der Waals surface area contributed by atoms with Crippen LogP contribution in [0.25, 0.3) is 32.5 Å². The summed E-state index contributed by atoms with van der Waals surface area (Å²) in [6.45, 7) is 1.05. The number of nitrogen functional groups attached to an aromatic ring is 1. The zero-order valence-corrected chi connectivity index (χ0v) is 16.2. The summed E-state index contributed by atoms with van der Waals surface area (Å²) >= 11 is 1.09. The zero-order chi connectivity index (χ0) is 20.5. The van der Waals surface area contributed by atoms with Gasteiger partial charge in [0.25, 0.3) is 5.91 Å². The Bertz CT molecular complexity index is 1250. The predicted octanol–water partition coefficient (Wildman–Crippen LogP) is 3.02. The maximum Gasteiger partial charge on any atom is 0.260 e. The quantitative estimate of drug-likeness (QED) is 0.358. The number of hydrogen-bond acceptors (Lipinski definition) is 8. The van der Waals surface area contributed by atoms with Gasteiger partial charge in [0.2, 0.25) is 0 Å². The molecule has 3 aromatic heterocycles. The van der Waals surface area contributed by atoms with Gasteiger partial charge in [0.15, 0.2) is 0 Å². The van der Waals surface area contributed by atoms with Crippen molar-refractivity contribution in [1.82, 2.24) is 4.98 Å². The maximum absolute atomic E-state index is 11.8. The number of pyridine rings is 1. The molecule has 146 valence electrons. The van der Waals surface area contributed by atoms with E-state index in [-0.39, 0.29) is 16.1 Å². The van der Waals surface area contributed by atoms with Crippen LogP contribution in [0.3, 0.4) is 0 Å². The van der Waals surface area contributed by atoms with E-state index in [1.165, 1.54) is 0 Å². The number of furan rings is 1. The molecule has 0 saturated heterocycles. The van der Waals surface area contributed by atoms with Crippen molar-refractivity contribution in [2.45, 2.75) is 6.42 Å². The van der Waals surface area contributed by atoms with E-state index in [0.29, 0.717) is 52.5 Å². The van der Waals surface area contributed by atoms with Crippen molar-refractivity contribution in [3.63, 3.8) is 0 Å². The number of carbonyl (C=O) groups is 1. The topological polar surface area (TPSA) is 157 Å². The number of anilines is 2. The molecule has 0 radical (unpaired) electrons. The summed E-state index contributed by atoms with van der Waals surface area (Å²) in [6, 6.07) is 11.6. The molecule has 0 saturated carbocycles. The third-order valence-corrected chi connectivity index (χ3v) is 5.67. The number of nitrogens with zero attached hydrogens (tertiary/aromatic N) is 2. The van der Waals surface area contributed by atoms with Crippen LogP contribution in [0.4, 0.5) is 11.5 Å². The minimum atomic E-state index is -0.641. The van der Waals surface area contributed by atoms with E-state index in [2.05, 4.69) is 16.4 Å². The molecule has 0 bridgehead atoms. The Hall–Kier alpha value is -3.61. The molecule has 0 aliphatic rings. The highest BCUT2D eigenvalue weighted by Crippen LogP contribution is 2.44. The van der Waals surface area contributed by atoms with E-state index in [9.17, 15) is 10.1 Å². The van der Waals surface area contributed by atoms with Crippen LogP contribution in [-0.4, -0.2) is 24.0 Å². The molecule has 0 fully saturated rings. The van der Waals surface area contributed by atoms with E-state index in [1.54, 1.807) is 0 Å². The molecular weight excluding hydrogens is 388 g/mol. The number of thiophene rings is 1. The Labute approximate surface area is 169 Å². The molecule has 0 spiro atoms. The molecule has 4 rings (SSSR count). The van der Waals surface area contributed by atoms with Crippen LogP contribution in [0.5, 0.6) is 0 Å². The summed E-state index contributed by atoms with van der Waals surface area (Å²) in [4.78, 5) is 17.1. The summed E-state index contributed by atoms with van der Waals surface area (Å²) in [5.41, 5.74) is 19.0. The van der Waals surface area contributed by atoms with Gasteiger partial charge in [0.05, 0.1) is 11.3 Å². The molecule has 1 amide bonds. The minimum absolute atomic E-state index is 0.200. The average molecular weight is 406 g/mol. The van der Waals surface area contributed by atoms with Crippen LogP contribution in [0.1, 0.15) is 21.7 Å². The lowest BCUT2D eigenvalue weighted by Gasteiger charge is -2.11. The molecule has 0 atom stereocenters. The zero-order valence-electron chi connectivity index (χ0n) is 15.4. The van der Waals surface area contributed by atoms with Gasteiger partial charge >= 0.3 is 0 Å². The summed E-state index contributed by atoms with van der Waals surface area (Å²) in [5, 5.41) is 14.5. The maximum atomic E-state index is 11.8. The number of rotatable bonds is 6. The second kappa shape index (κ2) is 7.43. The normalized spacial score (nSPS) is 11.0. The van der Waals surface area contributed by atoms with Crippen LogP contribution in [-0.2, 0) is 0 Å². The number of aromatic nitrogens is 1. The number of benzene rings is 1. The van der Waals surface area contributed by atoms with Crippen molar-refractivity contribution >= 4 is 49.9 Å². The standard InChI is InChI=1S/C20H18N6O2S/c21-6-3-7-25-19-11(9-22)14(13-8-10-4-1-2-5-12(10)28-13)15-16(23)17(18(24)27)29-20(15)26-19/h1-2,4-5,8H,3,6-7,21,23H2,(H2,24,27)(H,25,26). The highest BCUT2D eigenvalue weighted by Gasteiger charge is 2.25. The van der Waals surface area contributed by atoms with Gasteiger partial charge in [-0.3, -0.25) is 4.79 Å². The molecule has 3 heterocycles. The number of primary amides is 1. The number of para-hydroxylation sites is 1. The van der Waals surface area contributed by atoms with Crippen molar-refractivity contribution in [2.24, 2.45) is 11.5 Å². The summed E-state index contributed by atoms with van der Waals surface area (Å²) in [5.74, 6) is 0.218.